The van der Waals surface area contributed by atoms with E-state index in [1.165, 1.54) is 0 Å². The van der Waals surface area contributed by atoms with E-state index < -0.39 is 0 Å². The third kappa shape index (κ3) is 4.29. The quantitative estimate of drug-likeness (QED) is 0.786. The predicted octanol–water partition coefficient (Wildman–Crippen LogP) is 3.24. The average molecular weight is 357 g/mol. The number of nitrogens with zero attached hydrogens (tertiary/aromatic N) is 1. The van der Waals surface area contributed by atoms with Gasteiger partial charge in [0.1, 0.15) is 23.9 Å². The molecule has 1 atom stereocenters. The number of ether oxygens (including phenoxy) is 3. The Hall–Kier alpha value is -2.24. The normalized spacial score (nSPS) is 17.3. The summed E-state index contributed by atoms with van der Waals surface area (Å²) in [6, 6.07) is 14.1. The molecule has 0 aliphatic carbocycles. The second-order valence-corrected chi connectivity index (χ2v) is 6.53. The van der Waals surface area contributed by atoms with E-state index in [0.717, 1.165) is 42.0 Å². The summed E-state index contributed by atoms with van der Waals surface area (Å²) in [6.45, 7) is 2.34. The van der Waals surface area contributed by atoms with Gasteiger partial charge < -0.3 is 19.3 Å². The molecule has 0 aromatic heterocycles. The number of hydrogen-bond donors (Lipinski definition) is 1. The number of likely N-dealkylation sites (tertiary alicyclic amines) is 1. The zero-order valence-corrected chi connectivity index (χ0v) is 15.5. The van der Waals surface area contributed by atoms with Gasteiger partial charge in [0, 0.05) is 24.7 Å². The van der Waals surface area contributed by atoms with E-state index in [4.69, 9.17) is 14.2 Å². The van der Waals surface area contributed by atoms with Gasteiger partial charge in [0.15, 0.2) is 0 Å². The molecule has 5 heteroatoms. The molecule has 1 aliphatic heterocycles. The van der Waals surface area contributed by atoms with Crippen molar-refractivity contribution in [2.24, 2.45) is 0 Å². The third-order valence-corrected chi connectivity index (χ3v) is 4.90. The van der Waals surface area contributed by atoms with Gasteiger partial charge >= 0.3 is 0 Å². The van der Waals surface area contributed by atoms with E-state index in [9.17, 15) is 5.11 Å². The van der Waals surface area contributed by atoms with Gasteiger partial charge in [-0.15, -0.1) is 0 Å². The molecule has 3 rings (SSSR count). The zero-order chi connectivity index (χ0) is 18.4. The van der Waals surface area contributed by atoms with Crippen LogP contribution in [0.3, 0.4) is 0 Å². The average Bonchev–Trinajstić information content (AvgIpc) is 3.14. The number of methoxy groups -OCH3 is 2. The van der Waals surface area contributed by atoms with Crippen LogP contribution in [0.1, 0.15) is 24.0 Å². The number of rotatable bonds is 8. The van der Waals surface area contributed by atoms with Gasteiger partial charge in [-0.05, 0) is 24.9 Å². The first-order valence-electron chi connectivity index (χ1n) is 9.01. The largest absolute Gasteiger partial charge is 0.496 e. The Morgan fingerprint density at radius 3 is 2.38 bits per heavy atom. The Kier molecular flexibility index (Phi) is 6.36. The monoisotopic (exact) mass is 357 g/mol. The molecule has 0 spiro atoms. The van der Waals surface area contributed by atoms with E-state index in [1.54, 1.807) is 14.2 Å². The molecule has 140 valence electrons. The summed E-state index contributed by atoms with van der Waals surface area (Å²) in [7, 11) is 3.32. The van der Waals surface area contributed by atoms with Crippen molar-refractivity contribution < 1.29 is 19.3 Å². The van der Waals surface area contributed by atoms with E-state index in [-0.39, 0.29) is 12.6 Å². The van der Waals surface area contributed by atoms with Crippen molar-refractivity contribution in [3.63, 3.8) is 0 Å². The minimum Gasteiger partial charge on any atom is -0.496 e. The summed E-state index contributed by atoms with van der Waals surface area (Å²) in [5.41, 5.74) is 2.10. The van der Waals surface area contributed by atoms with Crippen LogP contribution < -0.4 is 14.2 Å². The molecule has 0 radical (unpaired) electrons. The Labute approximate surface area is 155 Å². The van der Waals surface area contributed by atoms with Crippen molar-refractivity contribution in [3.8, 4) is 17.2 Å². The van der Waals surface area contributed by atoms with Crippen LogP contribution in [0.4, 0.5) is 0 Å². The zero-order valence-electron chi connectivity index (χ0n) is 15.5. The van der Waals surface area contributed by atoms with Crippen LogP contribution in [0.15, 0.2) is 42.5 Å². The summed E-state index contributed by atoms with van der Waals surface area (Å²) in [5.74, 6) is 2.21. The molecule has 5 nitrogen and oxygen atoms in total. The Bertz CT molecular complexity index is 679. The van der Waals surface area contributed by atoms with Crippen molar-refractivity contribution in [2.45, 2.75) is 32.0 Å². The lowest BCUT2D eigenvalue weighted by Gasteiger charge is -2.25. The fourth-order valence-corrected chi connectivity index (χ4v) is 3.45. The molecule has 1 saturated heterocycles. The van der Waals surface area contributed by atoms with E-state index in [1.807, 2.05) is 42.5 Å². The second kappa shape index (κ2) is 8.92. The molecular formula is C21H27NO4. The predicted molar refractivity (Wildman–Crippen MR) is 101 cm³/mol. The second-order valence-electron chi connectivity index (χ2n) is 6.53. The maximum Gasteiger partial charge on any atom is 0.130 e. The molecular weight excluding hydrogens is 330 g/mol. The summed E-state index contributed by atoms with van der Waals surface area (Å²) in [6.07, 6.45) is 2.13. The molecule has 2 aromatic rings. The van der Waals surface area contributed by atoms with Crippen LogP contribution >= 0.6 is 0 Å². The van der Waals surface area contributed by atoms with Gasteiger partial charge in [0.05, 0.1) is 26.4 Å². The number of aliphatic hydroxyl groups excluding tert-OH is 1. The molecule has 0 bridgehead atoms. The molecule has 1 fully saturated rings. The van der Waals surface area contributed by atoms with Gasteiger partial charge in [-0.25, -0.2) is 0 Å². The van der Waals surface area contributed by atoms with Crippen LogP contribution in [-0.4, -0.2) is 43.4 Å². The standard InChI is InChI=1S/C21H27NO4/c1-24-20-11-18(26-15-16-7-4-3-5-8-16)12-21(25-2)19(20)13-22-10-6-9-17(22)14-23/h3-5,7-8,11-12,17,23H,6,9-10,13-15H2,1-2H3/t17-/m0/s1. The van der Waals surface area contributed by atoms with Gasteiger partial charge in [-0.3, -0.25) is 4.90 Å². The lowest BCUT2D eigenvalue weighted by Crippen LogP contribution is -2.31. The van der Waals surface area contributed by atoms with Crippen molar-refractivity contribution in [2.75, 3.05) is 27.4 Å². The molecule has 0 unspecified atom stereocenters. The molecule has 1 N–H and O–H groups in total. The first-order valence-corrected chi connectivity index (χ1v) is 9.01. The smallest absolute Gasteiger partial charge is 0.130 e. The minimum atomic E-state index is 0.183. The van der Waals surface area contributed by atoms with Crippen LogP contribution in [0, 0.1) is 0 Å². The number of benzene rings is 2. The summed E-state index contributed by atoms with van der Waals surface area (Å²) < 4.78 is 17.2. The van der Waals surface area contributed by atoms with Crippen LogP contribution in [0.25, 0.3) is 0 Å². The molecule has 26 heavy (non-hydrogen) atoms. The van der Waals surface area contributed by atoms with Crippen LogP contribution in [0.2, 0.25) is 0 Å². The minimum absolute atomic E-state index is 0.183. The van der Waals surface area contributed by atoms with Crippen molar-refractivity contribution in [1.82, 2.24) is 4.90 Å². The Morgan fingerprint density at radius 1 is 1.08 bits per heavy atom. The van der Waals surface area contributed by atoms with Gasteiger partial charge in [-0.1, -0.05) is 30.3 Å². The summed E-state index contributed by atoms with van der Waals surface area (Å²) in [4.78, 5) is 2.28. The molecule has 1 heterocycles. The lowest BCUT2D eigenvalue weighted by atomic mass is 10.1. The molecule has 0 amide bonds. The van der Waals surface area contributed by atoms with Crippen LogP contribution in [-0.2, 0) is 13.2 Å². The fraction of sp³-hybridized carbons (Fsp3) is 0.429. The van der Waals surface area contributed by atoms with Gasteiger partial charge in [-0.2, -0.15) is 0 Å². The molecule has 1 aliphatic rings. The maximum atomic E-state index is 9.57. The molecule has 2 aromatic carbocycles. The Balaban J connectivity index is 1.79. The van der Waals surface area contributed by atoms with Gasteiger partial charge in [0.2, 0.25) is 0 Å². The highest BCUT2D eigenvalue weighted by Gasteiger charge is 2.26. The topological polar surface area (TPSA) is 51.2 Å². The lowest BCUT2D eigenvalue weighted by molar-refractivity contribution is 0.151. The van der Waals surface area contributed by atoms with Crippen LogP contribution in [0.5, 0.6) is 17.2 Å². The van der Waals surface area contributed by atoms with Crippen molar-refractivity contribution >= 4 is 0 Å². The van der Waals surface area contributed by atoms with E-state index in [2.05, 4.69) is 4.90 Å². The first kappa shape index (κ1) is 18.5. The Morgan fingerprint density at radius 2 is 1.77 bits per heavy atom. The fourth-order valence-electron chi connectivity index (χ4n) is 3.45. The van der Waals surface area contributed by atoms with Crippen molar-refractivity contribution in [1.29, 1.82) is 0 Å². The van der Waals surface area contributed by atoms with E-state index >= 15 is 0 Å². The maximum absolute atomic E-state index is 9.57. The number of hydrogen-bond acceptors (Lipinski definition) is 5. The highest BCUT2D eigenvalue weighted by atomic mass is 16.5. The summed E-state index contributed by atoms with van der Waals surface area (Å²) >= 11 is 0. The van der Waals surface area contributed by atoms with Gasteiger partial charge in [0.25, 0.3) is 0 Å². The highest BCUT2D eigenvalue weighted by Crippen LogP contribution is 2.36. The summed E-state index contributed by atoms with van der Waals surface area (Å²) in [5, 5.41) is 9.57. The van der Waals surface area contributed by atoms with E-state index in [0.29, 0.717) is 18.9 Å². The molecule has 0 saturated carbocycles. The highest BCUT2D eigenvalue weighted by molar-refractivity contribution is 5.50. The third-order valence-electron chi connectivity index (χ3n) is 4.90. The van der Waals surface area contributed by atoms with Crippen molar-refractivity contribution in [3.05, 3.63) is 53.6 Å². The number of aliphatic hydroxyl groups is 1. The first-order chi connectivity index (χ1) is 12.7. The SMILES string of the molecule is COc1cc(OCc2ccccc2)cc(OC)c1CN1CCC[C@H]1CO.